The molecule has 3 rings (SSSR count). The average Bonchev–Trinajstić information content (AvgIpc) is 3.21. The van der Waals surface area contributed by atoms with Crippen molar-refractivity contribution in [2.45, 2.75) is 40.0 Å². The molecule has 0 amide bonds. The van der Waals surface area contributed by atoms with Crippen molar-refractivity contribution in [3.8, 4) is 11.4 Å². The summed E-state index contributed by atoms with van der Waals surface area (Å²) in [5.74, 6) is 0.591. The van der Waals surface area contributed by atoms with Crippen LogP contribution in [0, 0.1) is 10.8 Å². The lowest BCUT2D eigenvalue weighted by atomic mass is 9.93. The van der Waals surface area contributed by atoms with Gasteiger partial charge >= 0.3 is 0 Å². The largest absolute Gasteiger partial charge is 0.493 e. The van der Waals surface area contributed by atoms with E-state index in [1.54, 1.807) is 10.8 Å². The molecule has 0 spiro atoms. The zero-order chi connectivity index (χ0) is 21.6. The standard InChI is InChI=1S/C24H34N4O2/c1-24(2,3)9-15-30-21-8-13-28(23(29)17-21)20-6-7-22(19(16-20)18-25)26-10-14-27-11-4-5-12-27/h6-8,13,16-18,25-26H,4-5,9-12,14-15H2,1-3H3. The van der Waals surface area contributed by atoms with Crippen molar-refractivity contribution >= 4 is 11.9 Å². The second-order valence-electron chi connectivity index (χ2n) is 9.12. The van der Waals surface area contributed by atoms with Gasteiger partial charge in [-0.3, -0.25) is 9.36 Å². The highest BCUT2D eigenvalue weighted by molar-refractivity contribution is 5.86. The number of benzene rings is 1. The molecule has 2 aromatic rings. The minimum Gasteiger partial charge on any atom is -0.493 e. The van der Waals surface area contributed by atoms with E-state index in [2.05, 4.69) is 31.0 Å². The molecule has 1 saturated heterocycles. The molecule has 0 saturated carbocycles. The number of nitrogens with zero attached hydrogens (tertiary/aromatic N) is 2. The van der Waals surface area contributed by atoms with E-state index in [9.17, 15) is 4.79 Å². The summed E-state index contributed by atoms with van der Waals surface area (Å²) in [6.07, 6.45) is 6.56. The van der Waals surface area contributed by atoms with Crippen molar-refractivity contribution in [3.05, 3.63) is 52.4 Å². The van der Waals surface area contributed by atoms with Gasteiger partial charge < -0.3 is 20.4 Å². The highest BCUT2D eigenvalue weighted by Crippen LogP contribution is 2.20. The third-order valence-corrected chi connectivity index (χ3v) is 5.42. The second-order valence-corrected chi connectivity index (χ2v) is 9.12. The summed E-state index contributed by atoms with van der Waals surface area (Å²) in [7, 11) is 0. The Labute approximate surface area is 179 Å². The molecule has 1 aliphatic rings. The summed E-state index contributed by atoms with van der Waals surface area (Å²) in [5.41, 5.74) is 2.48. The molecular weight excluding hydrogens is 376 g/mol. The molecular formula is C24H34N4O2. The van der Waals surface area contributed by atoms with E-state index in [1.807, 2.05) is 24.3 Å². The van der Waals surface area contributed by atoms with Crippen LogP contribution in [0.3, 0.4) is 0 Å². The summed E-state index contributed by atoms with van der Waals surface area (Å²) >= 11 is 0. The SMILES string of the molecule is CC(C)(C)CCOc1ccn(-c2ccc(NCCN3CCCC3)c(C=N)c2)c(=O)c1. The lowest BCUT2D eigenvalue weighted by molar-refractivity contribution is 0.242. The normalized spacial score (nSPS) is 14.6. The van der Waals surface area contributed by atoms with Crippen LogP contribution in [0.15, 0.2) is 41.3 Å². The summed E-state index contributed by atoms with van der Waals surface area (Å²) in [6.45, 7) is 11.3. The number of pyridine rings is 1. The van der Waals surface area contributed by atoms with Crippen molar-refractivity contribution in [3.63, 3.8) is 0 Å². The lowest BCUT2D eigenvalue weighted by Gasteiger charge is -2.18. The van der Waals surface area contributed by atoms with E-state index in [0.29, 0.717) is 12.4 Å². The maximum absolute atomic E-state index is 12.6. The van der Waals surface area contributed by atoms with Crippen LogP contribution in [-0.2, 0) is 0 Å². The van der Waals surface area contributed by atoms with Crippen molar-refractivity contribution in [2.24, 2.45) is 5.41 Å². The summed E-state index contributed by atoms with van der Waals surface area (Å²) < 4.78 is 7.32. The average molecular weight is 411 g/mol. The summed E-state index contributed by atoms with van der Waals surface area (Å²) in [5, 5.41) is 11.2. The molecule has 1 aromatic heterocycles. The fourth-order valence-corrected chi connectivity index (χ4v) is 3.57. The van der Waals surface area contributed by atoms with Crippen LogP contribution in [0.4, 0.5) is 5.69 Å². The Morgan fingerprint density at radius 3 is 2.60 bits per heavy atom. The Morgan fingerprint density at radius 1 is 1.17 bits per heavy atom. The predicted molar refractivity (Wildman–Crippen MR) is 124 cm³/mol. The number of ether oxygens (including phenoxy) is 1. The first kappa shape index (κ1) is 22.1. The van der Waals surface area contributed by atoms with Gasteiger partial charge in [0.15, 0.2) is 0 Å². The number of anilines is 1. The van der Waals surface area contributed by atoms with Crippen LogP contribution in [0.2, 0.25) is 0 Å². The number of hydrogen-bond acceptors (Lipinski definition) is 5. The van der Waals surface area contributed by atoms with Crippen LogP contribution in [-0.4, -0.2) is 48.5 Å². The fourth-order valence-electron chi connectivity index (χ4n) is 3.57. The third kappa shape index (κ3) is 6.20. The van der Waals surface area contributed by atoms with E-state index >= 15 is 0 Å². The van der Waals surface area contributed by atoms with E-state index in [-0.39, 0.29) is 11.0 Å². The zero-order valence-electron chi connectivity index (χ0n) is 18.4. The molecule has 0 aliphatic carbocycles. The molecule has 2 N–H and O–H groups in total. The van der Waals surface area contributed by atoms with Crippen LogP contribution < -0.4 is 15.6 Å². The van der Waals surface area contributed by atoms with Crippen molar-refractivity contribution in [1.82, 2.24) is 9.47 Å². The molecule has 0 atom stereocenters. The predicted octanol–water partition coefficient (Wildman–Crippen LogP) is 4.16. The molecule has 0 radical (unpaired) electrons. The first-order valence-corrected chi connectivity index (χ1v) is 10.8. The Morgan fingerprint density at radius 2 is 1.93 bits per heavy atom. The van der Waals surface area contributed by atoms with Gasteiger partial charge in [0.1, 0.15) is 5.75 Å². The number of likely N-dealkylation sites (tertiary alicyclic amines) is 1. The van der Waals surface area contributed by atoms with Crippen molar-refractivity contribution < 1.29 is 4.74 Å². The van der Waals surface area contributed by atoms with E-state index in [0.717, 1.165) is 36.4 Å². The van der Waals surface area contributed by atoms with Gasteiger partial charge in [-0.2, -0.15) is 0 Å². The number of nitrogens with one attached hydrogen (secondary N) is 2. The van der Waals surface area contributed by atoms with Gasteiger partial charge in [0.25, 0.3) is 5.56 Å². The van der Waals surface area contributed by atoms with Crippen LogP contribution in [0.25, 0.3) is 5.69 Å². The van der Waals surface area contributed by atoms with Crippen LogP contribution >= 0.6 is 0 Å². The van der Waals surface area contributed by atoms with Gasteiger partial charge in [0.05, 0.1) is 6.61 Å². The smallest absolute Gasteiger partial charge is 0.258 e. The number of rotatable bonds is 9. The molecule has 162 valence electrons. The number of aromatic nitrogens is 1. The molecule has 1 aliphatic heterocycles. The van der Waals surface area contributed by atoms with Gasteiger partial charge in [0, 0.05) is 48.5 Å². The fraction of sp³-hybridized carbons (Fsp3) is 0.500. The molecule has 0 unspecified atom stereocenters. The van der Waals surface area contributed by atoms with Crippen LogP contribution in [0.5, 0.6) is 5.75 Å². The van der Waals surface area contributed by atoms with Crippen LogP contribution in [0.1, 0.15) is 45.6 Å². The van der Waals surface area contributed by atoms with Gasteiger partial charge in [-0.05, 0) is 62.0 Å². The Bertz CT molecular complexity index is 908. The first-order chi connectivity index (χ1) is 14.4. The second kappa shape index (κ2) is 9.94. The van der Waals surface area contributed by atoms with Gasteiger partial charge in [-0.15, -0.1) is 0 Å². The van der Waals surface area contributed by atoms with Crippen molar-refractivity contribution in [1.29, 1.82) is 5.41 Å². The van der Waals surface area contributed by atoms with Gasteiger partial charge in [-0.25, -0.2) is 0 Å². The highest BCUT2D eigenvalue weighted by atomic mass is 16.5. The first-order valence-electron chi connectivity index (χ1n) is 10.8. The zero-order valence-corrected chi connectivity index (χ0v) is 18.4. The minimum absolute atomic E-state index is 0.145. The van der Waals surface area contributed by atoms with E-state index in [4.69, 9.17) is 10.1 Å². The van der Waals surface area contributed by atoms with E-state index < -0.39 is 0 Å². The minimum atomic E-state index is -0.145. The van der Waals surface area contributed by atoms with Gasteiger partial charge in [0.2, 0.25) is 0 Å². The Kier molecular flexibility index (Phi) is 7.32. The topological polar surface area (TPSA) is 70.3 Å². The van der Waals surface area contributed by atoms with E-state index in [1.165, 1.54) is 38.2 Å². The molecule has 1 aromatic carbocycles. The third-order valence-electron chi connectivity index (χ3n) is 5.42. The number of hydrogen-bond donors (Lipinski definition) is 2. The van der Waals surface area contributed by atoms with Crippen molar-refractivity contribution in [2.75, 3.05) is 38.1 Å². The lowest BCUT2D eigenvalue weighted by Crippen LogP contribution is -2.26. The Balaban J connectivity index is 1.66. The maximum atomic E-state index is 12.6. The molecule has 6 heteroatoms. The molecule has 2 heterocycles. The molecule has 1 fully saturated rings. The monoisotopic (exact) mass is 410 g/mol. The Hall–Kier alpha value is -2.60. The summed E-state index contributed by atoms with van der Waals surface area (Å²) in [6, 6.07) is 9.06. The summed E-state index contributed by atoms with van der Waals surface area (Å²) in [4.78, 5) is 15.1. The quantitative estimate of drug-likeness (QED) is 0.609. The molecule has 30 heavy (non-hydrogen) atoms. The molecule has 6 nitrogen and oxygen atoms in total. The molecule has 0 bridgehead atoms. The highest BCUT2D eigenvalue weighted by Gasteiger charge is 2.12. The maximum Gasteiger partial charge on any atom is 0.258 e. The van der Waals surface area contributed by atoms with Gasteiger partial charge in [-0.1, -0.05) is 20.8 Å².